The van der Waals surface area contributed by atoms with Crippen molar-refractivity contribution in [3.8, 4) is 0 Å². The number of carbonyl (C=O) groups excluding carboxylic acids is 1. The van der Waals surface area contributed by atoms with Crippen LogP contribution in [-0.2, 0) is 17.1 Å². The molecule has 0 unspecified atom stereocenters. The molecule has 3 aromatic rings. The number of rotatable bonds is 6. The fourth-order valence-electron chi connectivity index (χ4n) is 3.68. The van der Waals surface area contributed by atoms with Crippen molar-refractivity contribution in [3.63, 3.8) is 0 Å². The second-order valence-corrected chi connectivity index (χ2v) is 9.21. The molecule has 1 amide bonds. The standard InChI is InChI=1S/C21H24ClN5O2S/c1-14-2-8-17(9-3-14)24-18(28)12-27-21(29)26-11-10-23-20(19(26)25-27)30-13-15-4-6-16(22)7-5-15/h4-7,10-11,14,17H,2-3,8-9,12-13H2,1H3,(H,24,28). The fourth-order valence-corrected chi connectivity index (χ4v) is 4.70. The van der Waals surface area contributed by atoms with Gasteiger partial charge in [0.25, 0.3) is 0 Å². The summed E-state index contributed by atoms with van der Waals surface area (Å²) in [5.41, 5.74) is 1.21. The van der Waals surface area contributed by atoms with Crippen molar-refractivity contribution in [2.24, 2.45) is 5.92 Å². The number of thioether (sulfide) groups is 1. The van der Waals surface area contributed by atoms with E-state index in [1.807, 2.05) is 24.3 Å². The minimum atomic E-state index is -0.340. The minimum Gasteiger partial charge on any atom is -0.352 e. The molecule has 1 saturated carbocycles. The first-order chi connectivity index (χ1) is 14.5. The molecule has 1 fully saturated rings. The van der Waals surface area contributed by atoms with Gasteiger partial charge < -0.3 is 5.32 Å². The van der Waals surface area contributed by atoms with Crippen LogP contribution in [0.2, 0.25) is 5.02 Å². The lowest BCUT2D eigenvalue weighted by Crippen LogP contribution is -2.40. The topological polar surface area (TPSA) is 81.3 Å². The normalized spacial score (nSPS) is 19.1. The lowest BCUT2D eigenvalue weighted by atomic mass is 9.87. The Morgan fingerprint density at radius 1 is 1.23 bits per heavy atom. The van der Waals surface area contributed by atoms with Crippen molar-refractivity contribution < 1.29 is 4.79 Å². The zero-order valence-electron chi connectivity index (χ0n) is 16.8. The third kappa shape index (κ3) is 4.87. The number of aromatic nitrogens is 4. The summed E-state index contributed by atoms with van der Waals surface area (Å²) in [6, 6.07) is 7.79. The van der Waals surface area contributed by atoms with Gasteiger partial charge in [-0.3, -0.25) is 4.79 Å². The minimum absolute atomic E-state index is 0.0894. The van der Waals surface area contributed by atoms with Crippen LogP contribution in [0.4, 0.5) is 0 Å². The smallest absolute Gasteiger partial charge is 0.350 e. The molecule has 9 heteroatoms. The number of carbonyl (C=O) groups is 1. The van der Waals surface area contributed by atoms with Gasteiger partial charge in [-0.2, -0.15) is 0 Å². The van der Waals surface area contributed by atoms with Crippen molar-refractivity contribution in [2.45, 2.75) is 56.0 Å². The second-order valence-electron chi connectivity index (χ2n) is 7.81. The Morgan fingerprint density at radius 3 is 2.70 bits per heavy atom. The van der Waals surface area contributed by atoms with Crippen LogP contribution in [0.5, 0.6) is 0 Å². The van der Waals surface area contributed by atoms with Crippen LogP contribution in [0.1, 0.15) is 38.2 Å². The lowest BCUT2D eigenvalue weighted by Gasteiger charge is -2.26. The number of nitrogens with zero attached hydrogens (tertiary/aromatic N) is 4. The van der Waals surface area contributed by atoms with E-state index in [0.717, 1.165) is 37.2 Å². The van der Waals surface area contributed by atoms with Gasteiger partial charge in [0, 0.05) is 29.2 Å². The SMILES string of the molecule is CC1CCC(NC(=O)Cn2nc3c(SCc4ccc(Cl)cc4)nccn3c2=O)CC1. The zero-order chi connectivity index (χ0) is 21.1. The number of hydrogen-bond donors (Lipinski definition) is 1. The van der Waals surface area contributed by atoms with Crippen molar-refractivity contribution in [1.29, 1.82) is 0 Å². The van der Waals surface area contributed by atoms with Crippen LogP contribution in [0.3, 0.4) is 0 Å². The Balaban J connectivity index is 1.46. The Morgan fingerprint density at radius 2 is 1.97 bits per heavy atom. The summed E-state index contributed by atoms with van der Waals surface area (Å²) in [5.74, 6) is 1.21. The molecule has 0 aliphatic heterocycles. The summed E-state index contributed by atoms with van der Waals surface area (Å²) < 4.78 is 2.65. The van der Waals surface area contributed by atoms with Gasteiger partial charge >= 0.3 is 5.69 Å². The summed E-state index contributed by atoms with van der Waals surface area (Å²) in [6.07, 6.45) is 7.38. The monoisotopic (exact) mass is 445 g/mol. The summed E-state index contributed by atoms with van der Waals surface area (Å²) in [6.45, 7) is 2.15. The van der Waals surface area contributed by atoms with E-state index in [9.17, 15) is 9.59 Å². The van der Waals surface area contributed by atoms with E-state index in [0.29, 0.717) is 21.4 Å². The summed E-state index contributed by atoms with van der Waals surface area (Å²) in [4.78, 5) is 29.5. The molecule has 2 aromatic heterocycles. The molecule has 1 aliphatic carbocycles. The Bertz CT molecular complexity index is 1090. The molecule has 1 aliphatic rings. The van der Waals surface area contributed by atoms with E-state index >= 15 is 0 Å². The van der Waals surface area contributed by atoms with E-state index in [1.54, 1.807) is 12.4 Å². The summed E-state index contributed by atoms with van der Waals surface area (Å²) >= 11 is 7.42. The van der Waals surface area contributed by atoms with Gasteiger partial charge in [-0.1, -0.05) is 42.4 Å². The first-order valence-electron chi connectivity index (χ1n) is 10.1. The number of benzene rings is 1. The third-order valence-corrected chi connectivity index (χ3v) is 6.72. The zero-order valence-corrected chi connectivity index (χ0v) is 18.3. The maximum Gasteiger partial charge on any atom is 0.350 e. The lowest BCUT2D eigenvalue weighted by molar-refractivity contribution is -0.122. The van der Waals surface area contributed by atoms with E-state index in [2.05, 4.69) is 22.3 Å². The third-order valence-electron chi connectivity index (χ3n) is 5.43. The highest BCUT2D eigenvalue weighted by atomic mass is 35.5. The van der Waals surface area contributed by atoms with Crippen molar-refractivity contribution in [1.82, 2.24) is 24.5 Å². The Hall–Kier alpha value is -2.32. The molecule has 30 heavy (non-hydrogen) atoms. The highest BCUT2D eigenvalue weighted by Crippen LogP contribution is 2.25. The van der Waals surface area contributed by atoms with Crippen LogP contribution in [0.15, 0.2) is 46.5 Å². The number of hydrogen-bond acceptors (Lipinski definition) is 5. The maximum absolute atomic E-state index is 12.7. The van der Waals surface area contributed by atoms with Crippen molar-refractivity contribution >= 4 is 34.9 Å². The molecular weight excluding hydrogens is 422 g/mol. The maximum atomic E-state index is 12.7. The van der Waals surface area contributed by atoms with Crippen molar-refractivity contribution in [3.05, 3.63) is 57.7 Å². The molecule has 0 spiro atoms. The van der Waals surface area contributed by atoms with Gasteiger partial charge in [-0.25, -0.2) is 18.9 Å². The molecule has 1 N–H and O–H groups in total. The molecule has 2 heterocycles. The molecule has 4 rings (SSSR count). The molecule has 0 radical (unpaired) electrons. The number of fused-ring (bicyclic) bond motifs is 1. The van der Waals surface area contributed by atoms with Crippen LogP contribution in [0.25, 0.3) is 5.65 Å². The second kappa shape index (κ2) is 9.22. The van der Waals surface area contributed by atoms with Crippen LogP contribution >= 0.6 is 23.4 Å². The van der Waals surface area contributed by atoms with Gasteiger partial charge in [0.15, 0.2) is 5.65 Å². The molecule has 1 aromatic carbocycles. The summed E-state index contributed by atoms with van der Waals surface area (Å²) in [7, 11) is 0. The average Bonchev–Trinajstić information content (AvgIpc) is 3.05. The molecule has 7 nitrogen and oxygen atoms in total. The van der Waals surface area contributed by atoms with E-state index < -0.39 is 0 Å². The van der Waals surface area contributed by atoms with Gasteiger partial charge in [0.2, 0.25) is 5.91 Å². The predicted molar refractivity (Wildman–Crippen MR) is 118 cm³/mol. The molecule has 158 valence electrons. The Labute approximate surface area is 183 Å². The van der Waals surface area contributed by atoms with Gasteiger partial charge in [0.1, 0.15) is 11.6 Å². The number of nitrogens with one attached hydrogen (secondary N) is 1. The molecule has 0 saturated heterocycles. The van der Waals surface area contributed by atoms with Gasteiger partial charge in [0.05, 0.1) is 0 Å². The summed E-state index contributed by atoms with van der Waals surface area (Å²) in [5, 5.41) is 8.76. The van der Waals surface area contributed by atoms with Gasteiger partial charge in [-0.05, 0) is 49.3 Å². The Kier molecular flexibility index (Phi) is 6.43. The van der Waals surface area contributed by atoms with E-state index in [4.69, 9.17) is 11.6 Å². The van der Waals surface area contributed by atoms with E-state index in [1.165, 1.54) is 20.8 Å². The quantitative estimate of drug-likeness (QED) is 0.587. The first kappa shape index (κ1) is 20.9. The highest BCUT2D eigenvalue weighted by Gasteiger charge is 2.21. The largest absolute Gasteiger partial charge is 0.352 e. The first-order valence-corrected chi connectivity index (χ1v) is 11.5. The van der Waals surface area contributed by atoms with Crippen LogP contribution in [0, 0.1) is 5.92 Å². The number of halogens is 1. The van der Waals surface area contributed by atoms with Crippen LogP contribution in [-0.4, -0.2) is 31.1 Å². The predicted octanol–water partition coefficient (Wildman–Crippen LogP) is 3.53. The van der Waals surface area contributed by atoms with Crippen molar-refractivity contribution in [2.75, 3.05) is 0 Å². The molecule has 0 atom stereocenters. The highest BCUT2D eigenvalue weighted by molar-refractivity contribution is 7.98. The van der Waals surface area contributed by atoms with E-state index in [-0.39, 0.29) is 24.2 Å². The molecule has 0 bridgehead atoms. The van der Waals surface area contributed by atoms with Gasteiger partial charge in [-0.15, -0.1) is 5.10 Å². The molecular formula is C21H24ClN5O2S. The fraction of sp³-hybridized carbons (Fsp3) is 0.429. The van der Waals surface area contributed by atoms with Crippen LogP contribution < -0.4 is 11.0 Å². The average molecular weight is 446 g/mol. The number of amides is 1.